The highest BCUT2D eigenvalue weighted by Gasteiger charge is 2.23. The van der Waals surface area contributed by atoms with Gasteiger partial charge in [-0.25, -0.2) is 9.59 Å². The van der Waals surface area contributed by atoms with Gasteiger partial charge in [-0.15, -0.1) is 0 Å². The average molecular weight is 384 g/mol. The lowest BCUT2D eigenvalue weighted by atomic mass is 10.1. The molecular weight excluding hydrogens is 360 g/mol. The van der Waals surface area contributed by atoms with E-state index in [0.717, 1.165) is 11.4 Å². The topological polar surface area (TPSA) is 99.6 Å². The van der Waals surface area contributed by atoms with Crippen LogP contribution >= 0.6 is 0 Å². The Morgan fingerprint density at radius 1 is 1.14 bits per heavy atom. The molecule has 9 heteroatoms. The van der Waals surface area contributed by atoms with Crippen LogP contribution in [0.4, 0.5) is 15.3 Å². The Hall–Kier alpha value is -3.36. The largest absolute Gasteiger partial charge is 0.332 e. The first-order valence-corrected chi connectivity index (χ1v) is 9.01. The molecule has 0 atom stereocenters. The average Bonchev–Trinajstić information content (AvgIpc) is 3.08. The first-order valence-electron chi connectivity index (χ1n) is 9.01. The zero-order valence-electron chi connectivity index (χ0n) is 16.2. The van der Waals surface area contributed by atoms with Gasteiger partial charge >= 0.3 is 12.1 Å². The van der Waals surface area contributed by atoms with Crippen LogP contribution in [0.1, 0.15) is 28.7 Å². The number of carbonyl (C=O) groups excluding carboxylic acids is 3. The standard InChI is InChI=1S/C19H24N6O3/c1-13(26)14-4-6-15(7-5-14)21-18(27)20-11-16-10-17-12-24(19(28)23(2)3)8-9-25(17)22-16/h4-7,10H,8-9,11-12H2,1-3H3,(H2,20,21,27). The number of Topliss-reactive ketones (excluding diaryl/α,β-unsaturated/α-hetero) is 1. The van der Waals surface area contributed by atoms with Crippen molar-refractivity contribution < 1.29 is 14.4 Å². The number of hydrogen-bond donors (Lipinski definition) is 2. The molecule has 0 unspecified atom stereocenters. The number of benzene rings is 1. The van der Waals surface area contributed by atoms with Crippen LogP contribution in [0.25, 0.3) is 0 Å². The van der Waals surface area contributed by atoms with Crippen molar-refractivity contribution in [1.29, 1.82) is 0 Å². The lowest BCUT2D eigenvalue weighted by molar-refractivity contribution is 0.101. The van der Waals surface area contributed by atoms with Gasteiger partial charge in [0.15, 0.2) is 5.78 Å². The van der Waals surface area contributed by atoms with Crippen molar-refractivity contribution in [1.82, 2.24) is 24.9 Å². The van der Waals surface area contributed by atoms with E-state index in [0.29, 0.717) is 30.9 Å². The zero-order chi connectivity index (χ0) is 20.3. The van der Waals surface area contributed by atoms with E-state index in [1.165, 1.54) is 6.92 Å². The third-order valence-electron chi connectivity index (χ3n) is 4.48. The van der Waals surface area contributed by atoms with Gasteiger partial charge in [-0.1, -0.05) is 0 Å². The maximum absolute atomic E-state index is 12.1. The normalized spacial score (nSPS) is 12.9. The SMILES string of the molecule is CC(=O)c1ccc(NC(=O)NCc2cc3n(n2)CCN(C(=O)N(C)C)C3)cc1. The highest BCUT2D eigenvalue weighted by molar-refractivity contribution is 5.95. The number of hydrogen-bond acceptors (Lipinski definition) is 4. The fourth-order valence-electron chi connectivity index (χ4n) is 2.99. The summed E-state index contributed by atoms with van der Waals surface area (Å²) in [7, 11) is 3.46. The summed E-state index contributed by atoms with van der Waals surface area (Å²) in [5, 5.41) is 9.97. The van der Waals surface area contributed by atoms with Crippen molar-refractivity contribution in [3.05, 3.63) is 47.3 Å². The monoisotopic (exact) mass is 384 g/mol. The van der Waals surface area contributed by atoms with E-state index in [2.05, 4.69) is 15.7 Å². The number of rotatable bonds is 4. The molecule has 1 aliphatic heterocycles. The van der Waals surface area contributed by atoms with Crippen LogP contribution in [0.5, 0.6) is 0 Å². The third-order valence-corrected chi connectivity index (χ3v) is 4.48. The number of ketones is 1. The Labute approximate surface area is 163 Å². The van der Waals surface area contributed by atoms with Gasteiger partial charge in [0.1, 0.15) is 0 Å². The molecule has 1 aliphatic rings. The van der Waals surface area contributed by atoms with Crippen LogP contribution in [0.15, 0.2) is 30.3 Å². The van der Waals surface area contributed by atoms with E-state index >= 15 is 0 Å². The summed E-state index contributed by atoms with van der Waals surface area (Å²) < 4.78 is 1.87. The fraction of sp³-hybridized carbons (Fsp3) is 0.368. The van der Waals surface area contributed by atoms with Crippen molar-refractivity contribution in [2.45, 2.75) is 26.6 Å². The Morgan fingerprint density at radius 3 is 2.50 bits per heavy atom. The second-order valence-corrected chi connectivity index (χ2v) is 6.89. The molecule has 0 bridgehead atoms. The van der Waals surface area contributed by atoms with Crippen LogP contribution in [0.2, 0.25) is 0 Å². The second kappa shape index (κ2) is 8.12. The Balaban J connectivity index is 1.53. The second-order valence-electron chi connectivity index (χ2n) is 6.89. The van der Waals surface area contributed by atoms with Crippen LogP contribution in [-0.2, 0) is 19.6 Å². The van der Waals surface area contributed by atoms with Gasteiger partial charge < -0.3 is 20.4 Å². The summed E-state index contributed by atoms with van der Waals surface area (Å²) in [6.07, 6.45) is 0. The summed E-state index contributed by atoms with van der Waals surface area (Å²) in [5.41, 5.74) is 2.87. The predicted octanol–water partition coefficient (Wildman–Crippen LogP) is 1.90. The number of fused-ring (bicyclic) bond motifs is 1. The van der Waals surface area contributed by atoms with Gasteiger partial charge in [0.05, 0.1) is 31.0 Å². The molecule has 0 spiro atoms. The molecule has 0 aliphatic carbocycles. The maximum Gasteiger partial charge on any atom is 0.319 e. The number of carbonyl (C=O) groups is 3. The summed E-state index contributed by atoms with van der Waals surface area (Å²) in [4.78, 5) is 38.8. The number of aromatic nitrogens is 2. The molecule has 1 aromatic carbocycles. The first kappa shape index (κ1) is 19.4. The molecule has 28 heavy (non-hydrogen) atoms. The van der Waals surface area contributed by atoms with Crippen LogP contribution in [0, 0.1) is 0 Å². The third kappa shape index (κ3) is 4.48. The minimum Gasteiger partial charge on any atom is -0.332 e. The van der Waals surface area contributed by atoms with Crippen molar-refractivity contribution in [2.24, 2.45) is 0 Å². The number of urea groups is 2. The highest BCUT2D eigenvalue weighted by atomic mass is 16.2. The molecular formula is C19H24N6O3. The first-order chi connectivity index (χ1) is 13.3. The zero-order valence-corrected chi connectivity index (χ0v) is 16.2. The van der Waals surface area contributed by atoms with E-state index < -0.39 is 0 Å². The van der Waals surface area contributed by atoms with Crippen LogP contribution in [0.3, 0.4) is 0 Å². The van der Waals surface area contributed by atoms with E-state index in [-0.39, 0.29) is 24.4 Å². The van der Waals surface area contributed by atoms with Crippen molar-refractivity contribution in [3.63, 3.8) is 0 Å². The Kier molecular flexibility index (Phi) is 5.62. The van der Waals surface area contributed by atoms with Gasteiger partial charge in [0.2, 0.25) is 0 Å². The minimum absolute atomic E-state index is 0.0226. The van der Waals surface area contributed by atoms with Crippen LogP contribution < -0.4 is 10.6 Å². The molecule has 3 rings (SSSR count). The molecule has 0 fully saturated rings. The summed E-state index contributed by atoms with van der Waals surface area (Å²) >= 11 is 0. The van der Waals surface area contributed by atoms with Gasteiger partial charge in [-0.2, -0.15) is 5.10 Å². The smallest absolute Gasteiger partial charge is 0.319 e. The number of nitrogens with one attached hydrogen (secondary N) is 2. The van der Waals surface area contributed by atoms with E-state index in [9.17, 15) is 14.4 Å². The molecule has 148 valence electrons. The Morgan fingerprint density at radius 2 is 1.86 bits per heavy atom. The number of amides is 4. The molecule has 2 N–H and O–H groups in total. The number of nitrogens with zero attached hydrogens (tertiary/aromatic N) is 4. The quantitative estimate of drug-likeness (QED) is 0.787. The van der Waals surface area contributed by atoms with E-state index in [1.54, 1.807) is 48.2 Å². The summed E-state index contributed by atoms with van der Waals surface area (Å²) in [5.74, 6) is -0.0226. The Bertz CT molecular complexity index is 888. The molecule has 2 aromatic rings. The summed E-state index contributed by atoms with van der Waals surface area (Å²) in [6.45, 7) is 3.51. The lowest BCUT2D eigenvalue weighted by Crippen LogP contribution is -2.43. The predicted molar refractivity (Wildman–Crippen MR) is 104 cm³/mol. The molecule has 0 saturated carbocycles. The fourth-order valence-corrected chi connectivity index (χ4v) is 2.99. The number of anilines is 1. The van der Waals surface area contributed by atoms with Crippen molar-refractivity contribution >= 4 is 23.5 Å². The molecule has 2 heterocycles. The van der Waals surface area contributed by atoms with Crippen molar-refractivity contribution in [2.75, 3.05) is 26.0 Å². The van der Waals surface area contributed by atoms with Gasteiger partial charge in [-0.3, -0.25) is 9.48 Å². The molecule has 0 saturated heterocycles. The molecule has 1 aromatic heterocycles. The van der Waals surface area contributed by atoms with Crippen LogP contribution in [-0.4, -0.2) is 58.1 Å². The highest BCUT2D eigenvalue weighted by Crippen LogP contribution is 2.15. The molecule has 9 nitrogen and oxygen atoms in total. The lowest BCUT2D eigenvalue weighted by Gasteiger charge is -2.29. The maximum atomic E-state index is 12.1. The van der Waals surface area contributed by atoms with Gasteiger partial charge in [0, 0.05) is 31.9 Å². The minimum atomic E-state index is -0.356. The molecule has 4 amide bonds. The molecule has 0 radical (unpaired) electrons. The van der Waals surface area contributed by atoms with Gasteiger partial charge in [-0.05, 0) is 37.3 Å². The van der Waals surface area contributed by atoms with E-state index in [1.807, 2.05) is 10.7 Å². The summed E-state index contributed by atoms with van der Waals surface area (Å²) in [6, 6.07) is 8.22. The van der Waals surface area contributed by atoms with E-state index in [4.69, 9.17) is 0 Å². The van der Waals surface area contributed by atoms with Gasteiger partial charge in [0.25, 0.3) is 0 Å². The van der Waals surface area contributed by atoms with Crippen molar-refractivity contribution in [3.8, 4) is 0 Å².